The van der Waals surface area contributed by atoms with Crippen LogP contribution in [0.3, 0.4) is 0 Å². The summed E-state index contributed by atoms with van der Waals surface area (Å²) >= 11 is 0. The summed E-state index contributed by atoms with van der Waals surface area (Å²) in [5.41, 5.74) is 0.747. The molecule has 98 valence electrons. The summed E-state index contributed by atoms with van der Waals surface area (Å²) in [7, 11) is 1.42. The number of aliphatic hydroxyl groups is 1. The smallest absolute Gasteiger partial charge is 0.333 e. The maximum absolute atomic E-state index is 11.4. The summed E-state index contributed by atoms with van der Waals surface area (Å²) in [6, 6.07) is 0. The van der Waals surface area contributed by atoms with Gasteiger partial charge in [-0.3, -0.25) is 4.90 Å². The highest BCUT2D eigenvalue weighted by Crippen LogP contribution is 2.16. The first kappa shape index (κ1) is 14.2. The molecule has 1 rings (SSSR count). The van der Waals surface area contributed by atoms with Gasteiger partial charge in [0.1, 0.15) is 0 Å². The van der Waals surface area contributed by atoms with E-state index < -0.39 is 0 Å². The van der Waals surface area contributed by atoms with Crippen molar-refractivity contribution in [3.63, 3.8) is 0 Å². The van der Waals surface area contributed by atoms with Crippen LogP contribution in [0.5, 0.6) is 0 Å². The Labute approximate surface area is 103 Å². The molecule has 1 heterocycles. The molecule has 1 aliphatic rings. The number of aliphatic hydroxyl groups excluding tert-OH is 1. The van der Waals surface area contributed by atoms with Crippen molar-refractivity contribution in [3.05, 3.63) is 11.6 Å². The van der Waals surface area contributed by atoms with Crippen LogP contribution in [0.4, 0.5) is 0 Å². The van der Waals surface area contributed by atoms with Gasteiger partial charge in [0.2, 0.25) is 0 Å². The lowest BCUT2D eigenvalue weighted by Gasteiger charge is -2.30. The number of ether oxygens (including phenoxy) is 1. The van der Waals surface area contributed by atoms with Crippen molar-refractivity contribution in [1.29, 1.82) is 0 Å². The molecule has 1 N–H and O–H groups in total. The first-order chi connectivity index (χ1) is 8.21. The highest BCUT2D eigenvalue weighted by atomic mass is 16.5. The fourth-order valence-corrected chi connectivity index (χ4v) is 2.09. The first-order valence-corrected chi connectivity index (χ1v) is 6.31. The molecule has 0 amide bonds. The highest BCUT2D eigenvalue weighted by molar-refractivity contribution is 5.88. The molecular weight excluding hydrogens is 218 g/mol. The summed E-state index contributed by atoms with van der Waals surface area (Å²) in [4.78, 5) is 13.7. The molecule has 4 heteroatoms. The van der Waals surface area contributed by atoms with Gasteiger partial charge in [-0.25, -0.2) is 4.79 Å². The number of carbonyl (C=O) groups is 1. The molecule has 0 aromatic carbocycles. The SMILES string of the molecule is CCC(=CCN1CCC(CO)CC1)C(=O)OC. The van der Waals surface area contributed by atoms with Crippen LogP contribution in [-0.4, -0.2) is 49.3 Å². The first-order valence-electron chi connectivity index (χ1n) is 6.31. The molecule has 0 aromatic heterocycles. The second kappa shape index (κ2) is 7.45. The Balaban J connectivity index is 2.39. The molecule has 0 bridgehead atoms. The van der Waals surface area contributed by atoms with E-state index in [2.05, 4.69) is 4.90 Å². The Bertz CT molecular complexity index is 268. The van der Waals surface area contributed by atoms with Crippen LogP contribution < -0.4 is 0 Å². The van der Waals surface area contributed by atoms with E-state index in [0.717, 1.165) is 38.0 Å². The molecule has 0 radical (unpaired) electrons. The lowest BCUT2D eigenvalue weighted by Crippen LogP contribution is -2.35. The van der Waals surface area contributed by atoms with Gasteiger partial charge in [-0.15, -0.1) is 0 Å². The van der Waals surface area contributed by atoms with Crippen LogP contribution in [0.1, 0.15) is 26.2 Å². The molecule has 0 saturated carbocycles. The zero-order valence-electron chi connectivity index (χ0n) is 10.8. The monoisotopic (exact) mass is 241 g/mol. The molecule has 1 aliphatic heterocycles. The molecule has 0 spiro atoms. The van der Waals surface area contributed by atoms with Crippen molar-refractivity contribution in [2.75, 3.05) is 33.4 Å². The third-order valence-corrected chi connectivity index (χ3v) is 3.39. The van der Waals surface area contributed by atoms with E-state index in [1.54, 1.807) is 0 Å². The Morgan fingerprint density at radius 2 is 2.12 bits per heavy atom. The predicted molar refractivity (Wildman–Crippen MR) is 66.6 cm³/mol. The minimum Gasteiger partial charge on any atom is -0.466 e. The van der Waals surface area contributed by atoms with Crippen LogP contribution in [0, 0.1) is 5.92 Å². The van der Waals surface area contributed by atoms with Gasteiger partial charge in [-0.05, 0) is 38.3 Å². The van der Waals surface area contributed by atoms with Gasteiger partial charge in [0.15, 0.2) is 0 Å². The summed E-state index contributed by atoms with van der Waals surface area (Å²) in [6.45, 7) is 5.06. The quantitative estimate of drug-likeness (QED) is 0.580. The normalized spacial score (nSPS) is 19.4. The maximum Gasteiger partial charge on any atom is 0.333 e. The zero-order chi connectivity index (χ0) is 12.7. The summed E-state index contributed by atoms with van der Waals surface area (Å²) in [6.07, 6.45) is 4.76. The lowest BCUT2D eigenvalue weighted by atomic mass is 9.98. The number of likely N-dealkylation sites (tertiary alicyclic amines) is 1. The molecule has 17 heavy (non-hydrogen) atoms. The zero-order valence-corrected chi connectivity index (χ0v) is 10.8. The van der Waals surface area contributed by atoms with E-state index in [4.69, 9.17) is 9.84 Å². The molecule has 1 fully saturated rings. The van der Waals surface area contributed by atoms with Crippen molar-refractivity contribution in [2.45, 2.75) is 26.2 Å². The fraction of sp³-hybridized carbons (Fsp3) is 0.769. The number of carbonyl (C=O) groups excluding carboxylic acids is 1. The number of nitrogens with zero attached hydrogens (tertiary/aromatic N) is 1. The number of piperidine rings is 1. The van der Waals surface area contributed by atoms with Crippen molar-refractivity contribution < 1.29 is 14.6 Å². The summed E-state index contributed by atoms with van der Waals surface area (Å²) in [5.74, 6) is 0.235. The van der Waals surface area contributed by atoms with E-state index in [9.17, 15) is 4.79 Å². The topological polar surface area (TPSA) is 49.8 Å². The largest absolute Gasteiger partial charge is 0.466 e. The number of rotatable bonds is 5. The Morgan fingerprint density at radius 3 is 2.59 bits per heavy atom. The van der Waals surface area contributed by atoms with E-state index >= 15 is 0 Å². The van der Waals surface area contributed by atoms with Gasteiger partial charge in [-0.2, -0.15) is 0 Å². The van der Waals surface area contributed by atoms with Crippen molar-refractivity contribution in [3.8, 4) is 0 Å². The van der Waals surface area contributed by atoms with Gasteiger partial charge in [-0.1, -0.05) is 13.0 Å². The number of hydrogen-bond acceptors (Lipinski definition) is 4. The van der Waals surface area contributed by atoms with E-state index in [0.29, 0.717) is 18.9 Å². The van der Waals surface area contributed by atoms with Crippen molar-refractivity contribution in [2.24, 2.45) is 5.92 Å². The third kappa shape index (κ3) is 4.48. The van der Waals surface area contributed by atoms with Gasteiger partial charge >= 0.3 is 5.97 Å². The molecule has 4 nitrogen and oxygen atoms in total. The standard InChI is InChI=1S/C13H23NO3/c1-3-12(13(16)17-2)6-9-14-7-4-11(10-15)5-8-14/h6,11,15H,3-5,7-10H2,1-2H3. The van der Waals surface area contributed by atoms with Gasteiger partial charge < -0.3 is 9.84 Å². The second-order valence-electron chi connectivity index (χ2n) is 4.50. The van der Waals surface area contributed by atoms with Crippen LogP contribution >= 0.6 is 0 Å². The van der Waals surface area contributed by atoms with Crippen molar-refractivity contribution in [1.82, 2.24) is 4.90 Å². The van der Waals surface area contributed by atoms with Gasteiger partial charge in [0.05, 0.1) is 7.11 Å². The Morgan fingerprint density at radius 1 is 1.47 bits per heavy atom. The average molecular weight is 241 g/mol. The highest BCUT2D eigenvalue weighted by Gasteiger charge is 2.17. The summed E-state index contributed by atoms with van der Waals surface area (Å²) < 4.78 is 4.72. The second-order valence-corrected chi connectivity index (χ2v) is 4.50. The van der Waals surface area contributed by atoms with Crippen LogP contribution in [-0.2, 0) is 9.53 Å². The minimum atomic E-state index is -0.224. The average Bonchev–Trinajstić information content (AvgIpc) is 2.39. The third-order valence-electron chi connectivity index (χ3n) is 3.39. The number of esters is 1. The van der Waals surface area contributed by atoms with E-state index in [1.807, 2.05) is 13.0 Å². The van der Waals surface area contributed by atoms with Gasteiger partial charge in [0, 0.05) is 18.7 Å². The molecule has 0 aromatic rings. The maximum atomic E-state index is 11.4. The van der Waals surface area contributed by atoms with E-state index in [-0.39, 0.29) is 5.97 Å². The van der Waals surface area contributed by atoms with E-state index in [1.165, 1.54) is 7.11 Å². The van der Waals surface area contributed by atoms with Gasteiger partial charge in [0.25, 0.3) is 0 Å². The Kier molecular flexibility index (Phi) is 6.22. The molecule has 0 atom stereocenters. The minimum absolute atomic E-state index is 0.224. The number of methoxy groups -OCH3 is 1. The molecule has 1 saturated heterocycles. The fourth-order valence-electron chi connectivity index (χ4n) is 2.09. The Hall–Kier alpha value is -0.870. The lowest BCUT2D eigenvalue weighted by molar-refractivity contribution is -0.136. The molecule has 0 unspecified atom stereocenters. The van der Waals surface area contributed by atoms with Crippen molar-refractivity contribution >= 4 is 5.97 Å². The molecular formula is C13H23NO3. The molecule has 0 aliphatic carbocycles. The number of hydrogen-bond donors (Lipinski definition) is 1. The van der Waals surface area contributed by atoms with Crippen LogP contribution in [0.2, 0.25) is 0 Å². The predicted octanol–water partition coefficient (Wildman–Crippen LogP) is 1.20. The van der Waals surface area contributed by atoms with Crippen LogP contribution in [0.25, 0.3) is 0 Å². The summed E-state index contributed by atoms with van der Waals surface area (Å²) in [5, 5.41) is 9.05. The van der Waals surface area contributed by atoms with Crippen LogP contribution in [0.15, 0.2) is 11.6 Å².